The summed E-state index contributed by atoms with van der Waals surface area (Å²) in [6, 6.07) is 12.7. The van der Waals surface area contributed by atoms with E-state index in [4.69, 9.17) is 21.1 Å². The maximum Gasteiger partial charge on any atom is 0.229 e. The Kier molecular flexibility index (Phi) is 6.11. The lowest BCUT2D eigenvalue weighted by atomic mass is 10.1. The first-order valence-corrected chi connectivity index (χ1v) is 10.3. The molecule has 158 valence electrons. The van der Waals surface area contributed by atoms with Gasteiger partial charge in [0.1, 0.15) is 5.75 Å². The molecule has 4 rings (SSSR count). The van der Waals surface area contributed by atoms with Gasteiger partial charge < -0.3 is 24.6 Å². The Morgan fingerprint density at radius 2 is 1.90 bits per heavy atom. The van der Waals surface area contributed by atoms with Crippen LogP contribution in [0.25, 0.3) is 0 Å². The predicted octanol–water partition coefficient (Wildman–Crippen LogP) is 3.18. The summed E-state index contributed by atoms with van der Waals surface area (Å²) in [6.45, 7) is 3.27. The number of morpholine rings is 1. The van der Waals surface area contributed by atoms with E-state index in [9.17, 15) is 9.59 Å². The van der Waals surface area contributed by atoms with Crippen molar-refractivity contribution in [3.8, 4) is 5.75 Å². The standard InChI is InChI=1S/C22H24ClN3O4/c1-29-18-5-3-17(4-6-18)26-14-15(12-21(26)27)22(28)24-16-2-7-20(19(23)13-16)25-8-10-30-11-9-25/h2-7,13,15H,8-12,14H2,1H3,(H,24,28). The maximum atomic E-state index is 12.8. The summed E-state index contributed by atoms with van der Waals surface area (Å²) in [5, 5.41) is 3.48. The van der Waals surface area contributed by atoms with E-state index >= 15 is 0 Å². The van der Waals surface area contributed by atoms with Crippen molar-refractivity contribution in [3.05, 3.63) is 47.5 Å². The van der Waals surface area contributed by atoms with Crippen LogP contribution >= 0.6 is 11.6 Å². The van der Waals surface area contributed by atoms with Crippen molar-refractivity contribution < 1.29 is 19.1 Å². The fourth-order valence-corrected chi connectivity index (χ4v) is 4.08. The molecule has 30 heavy (non-hydrogen) atoms. The van der Waals surface area contributed by atoms with E-state index in [1.807, 2.05) is 24.3 Å². The van der Waals surface area contributed by atoms with E-state index in [0.29, 0.717) is 30.5 Å². The monoisotopic (exact) mass is 429 g/mol. The third-order valence-corrected chi connectivity index (χ3v) is 5.75. The predicted molar refractivity (Wildman–Crippen MR) is 117 cm³/mol. The van der Waals surface area contributed by atoms with Gasteiger partial charge in [0.05, 0.1) is 37.0 Å². The Balaban J connectivity index is 1.40. The van der Waals surface area contributed by atoms with Crippen LogP contribution in [0.1, 0.15) is 6.42 Å². The van der Waals surface area contributed by atoms with Gasteiger partial charge in [0.2, 0.25) is 11.8 Å². The fraction of sp³-hybridized carbons (Fsp3) is 0.364. The van der Waals surface area contributed by atoms with Crippen LogP contribution in [0.5, 0.6) is 5.75 Å². The van der Waals surface area contributed by atoms with Crippen molar-refractivity contribution >= 4 is 40.5 Å². The Bertz CT molecular complexity index is 928. The molecule has 0 spiro atoms. The van der Waals surface area contributed by atoms with Gasteiger partial charge in [0, 0.05) is 37.4 Å². The van der Waals surface area contributed by atoms with Gasteiger partial charge in [-0.3, -0.25) is 9.59 Å². The van der Waals surface area contributed by atoms with E-state index in [0.717, 1.165) is 30.2 Å². The number of anilines is 3. The molecular formula is C22H24ClN3O4. The van der Waals surface area contributed by atoms with Crippen LogP contribution in [-0.4, -0.2) is 51.8 Å². The number of halogens is 1. The molecular weight excluding hydrogens is 406 g/mol. The molecule has 2 saturated heterocycles. The van der Waals surface area contributed by atoms with Crippen molar-refractivity contribution in [3.63, 3.8) is 0 Å². The first-order chi connectivity index (χ1) is 14.5. The van der Waals surface area contributed by atoms with Gasteiger partial charge in [-0.15, -0.1) is 0 Å². The van der Waals surface area contributed by atoms with Gasteiger partial charge in [-0.05, 0) is 42.5 Å². The molecule has 0 bridgehead atoms. The highest BCUT2D eigenvalue weighted by molar-refractivity contribution is 6.33. The first-order valence-electron chi connectivity index (χ1n) is 9.92. The normalized spacial score (nSPS) is 19.1. The van der Waals surface area contributed by atoms with Crippen LogP contribution in [-0.2, 0) is 14.3 Å². The van der Waals surface area contributed by atoms with Crippen molar-refractivity contribution in [1.29, 1.82) is 0 Å². The summed E-state index contributed by atoms with van der Waals surface area (Å²) >= 11 is 6.45. The maximum absolute atomic E-state index is 12.8. The minimum absolute atomic E-state index is 0.0685. The SMILES string of the molecule is COc1ccc(N2CC(C(=O)Nc3ccc(N4CCOCC4)c(Cl)c3)CC2=O)cc1. The summed E-state index contributed by atoms with van der Waals surface area (Å²) in [5.41, 5.74) is 2.31. The second-order valence-electron chi connectivity index (χ2n) is 7.36. The average Bonchev–Trinajstić information content (AvgIpc) is 3.16. The fourth-order valence-electron chi connectivity index (χ4n) is 3.78. The molecule has 7 nitrogen and oxygen atoms in total. The van der Waals surface area contributed by atoms with Gasteiger partial charge in [0.25, 0.3) is 0 Å². The summed E-state index contributed by atoms with van der Waals surface area (Å²) < 4.78 is 10.5. The van der Waals surface area contributed by atoms with Crippen molar-refractivity contribution in [2.45, 2.75) is 6.42 Å². The zero-order valence-electron chi connectivity index (χ0n) is 16.8. The molecule has 2 fully saturated rings. The van der Waals surface area contributed by atoms with Gasteiger partial charge in [0.15, 0.2) is 0 Å². The number of carbonyl (C=O) groups is 2. The van der Waals surface area contributed by atoms with Gasteiger partial charge in [-0.1, -0.05) is 11.6 Å². The summed E-state index contributed by atoms with van der Waals surface area (Å²) in [7, 11) is 1.59. The topological polar surface area (TPSA) is 71.1 Å². The Hall–Kier alpha value is -2.77. The zero-order chi connectivity index (χ0) is 21.1. The lowest BCUT2D eigenvalue weighted by Crippen LogP contribution is -2.36. The molecule has 2 amide bonds. The minimum Gasteiger partial charge on any atom is -0.497 e. The van der Waals surface area contributed by atoms with Gasteiger partial charge in [-0.25, -0.2) is 0 Å². The molecule has 2 aromatic carbocycles. The molecule has 0 aliphatic carbocycles. The molecule has 0 aromatic heterocycles. The molecule has 1 atom stereocenters. The summed E-state index contributed by atoms with van der Waals surface area (Å²) in [6.07, 6.45) is 0.178. The second-order valence-corrected chi connectivity index (χ2v) is 7.77. The number of amides is 2. The molecule has 2 heterocycles. The lowest BCUT2D eigenvalue weighted by Gasteiger charge is -2.29. The number of hydrogen-bond acceptors (Lipinski definition) is 5. The van der Waals surface area contributed by atoms with Crippen LogP contribution < -0.4 is 19.9 Å². The molecule has 0 saturated carbocycles. The number of ether oxygens (including phenoxy) is 2. The molecule has 1 N–H and O–H groups in total. The molecule has 0 radical (unpaired) electrons. The van der Waals surface area contributed by atoms with Crippen molar-refractivity contribution in [1.82, 2.24) is 0 Å². The molecule has 2 aromatic rings. The molecule has 2 aliphatic heterocycles. The smallest absolute Gasteiger partial charge is 0.229 e. The van der Waals surface area contributed by atoms with E-state index in [1.165, 1.54) is 0 Å². The number of nitrogens with one attached hydrogen (secondary N) is 1. The molecule has 1 unspecified atom stereocenters. The van der Waals surface area contributed by atoms with Crippen LogP contribution in [0.4, 0.5) is 17.1 Å². The van der Waals surface area contributed by atoms with Crippen molar-refractivity contribution in [2.75, 3.05) is 55.1 Å². The largest absolute Gasteiger partial charge is 0.497 e. The number of rotatable bonds is 5. The van der Waals surface area contributed by atoms with Crippen LogP contribution in [0.15, 0.2) is 42.5 Å². The van der Waals surface area contributed by atoms with Crippen LogP contribution in [0.3, 0.4) is 0 Å². The highest BCUT2D eigenvalue weighted by Gasteiger charge is 2.35. The van der Waals surface area contributed by atoms with E-state index in [2.05, 4.69) is 10.2 Å². The minimum atomic E-state index is -0.419. The number of carbonyl (C=O) groups excluding carboxylic acids is 2. The Labute approximate surface area is 180 Å². The van der Waals surface area contributed by atoms with Crippen molar-refractivity contribution in [2.24, 2.45) is 5.92 Å². The lowest BCUT2D eigenvalue weighted by molar-refractivity contribution is -0.122. The van der Waals surface area contributed by atoms with Gasteiger partial charge >= 0.3 is 0 Å². The zero-order valence-corrected chi connectivity index (χ0v) is 17.5. The summed E-state index contributed by atoms with van der Waals surface area (Å²) in [4.78, 5) is 29.0. The third-order valence-electron chi connectivity index (χ3n) is 5.45. The Morgan fingerprint density at radius 1 is 1.17 bits per heavy atom. The average molecular weight is 430 g/mol. The van der Waals surface area contributed by atoms with Gasteiger partial charge in [-0.2, -0.15) is 0 Å². The van der Waals surface area contributed by atoms with E-state index in [1.54, 1.807) is 30.2 Å². The van der Waals surface area contributed by atoms with Crippen LogP contribution in [0.2, 0.25) is 5.02 Å². The summed E-state index contributed by atoms with van der Waals surface area (Å²) in [5.74, 6) is 0.0463. The molecule has 8 heteroatoms. The highest BCUT2D eigenvalue weighted by atomic mass is 35.5. The third kappa shape index (κ3) is 4.37. The molecule has 2 aliphatic rings. The number of hydrogen-bond donors (Lipinski definition) is 1. The second kappa shape index (κ2) is 8.93. The van der Waals surface area contributed by atoms with Crippen LogP contribution in [0, 0.1) is 5.92 Å². The van der Waals surface area contributed by atoms with E-state index < -0.39 is 5.92 Å². The first kappa shape index (κ1) is 20.5. The number of nitrogens with zero attached hydrogens (tertiary/aromatic N) is 2. The number of methoxy groups -OCH3 is 1. The quantitative estimate of drug-likeness (QED) is 0.790. The number of benzene rings is 2. The highest BCUT2D eigenvalue weighted by Crippen LogP contribution is 2.31. The van der Waals surface area contributed by atoms with E-state index in [-0.39, 0.29) is 18.2 Å². The Morgan fingerprint density at radius 3 is 2.57 bits per heavy atom.